The lowest BCUT2D eigenvalue weighted by atomic mass is 10.1. The van der Waals surface area contributed by atoms with Gasteiger partial charge in [0.25, 0.3) is 6.43 Å². The van der Waals surface area contributed by atoms with Gasteiger partial charge in [-0.2, -0.15) is 0 Å². The van der Waals surface area contributed by atoms with Crippen LogP contribution in [0.4, 0.5) is 8.78 Å². The first kappa shape index (κ1) is 11.3. The molecule has 1 N–H and O–H groups in total. The lowest BCUT2D eigenvalue weighted by Crippen LogP contribution is -2.08. The second-order valence-corrected chi connectivity index (χ2v) is 3.63. The zero-order chi connectivity index (χ0) is 10.9. The van der Waals surface area contributed by atoms with Crippen molar-refractivity contribution < 1.29 is 18.7 Å². The number of hydrogen-bond acceptors (Lipinski definition) is 2. The number of carbonyl (C=O) groups is 1. The van der Waals surface area contributed by atoms with Crippen LogP contribution >= 0.6 is 22.6 Å². The molecule has 0 spiro atoms. The zero-order valence-electron chi connectivity index (χ0n) is 7.09. The van der Waals surface area contributed by atoms with Gasteiger partial charge in [-0.15, -0.1) is 0 Å². The molecule has 14 heavy (non-hydrogen) atoms. The maximum atomic E-state index is 12.4. The molecule has 0 amide bonds. The van der Waals surface area contributed by atoms with Crippen LogP contribution < -0.4 is 0 Å². The minimum Gasteiger partial charge on any atom is -0.478 e. The normalized spacial score (nSPS) is 10.6. The summed E-state index contributed by atoms with van der Waals surface area (Å²) in [5.41, 5.74) is -0.405. The van der Waals surface area contributed by atoms with Crippen LogP contribution in [-0.2, 0) is 0 Å². The first-order valence-electron chi connectivity index (χ1n) is 3.61. The lowest BCUT2D eigenvalue weighted by molar-refractivity contribution is 0.0693. The molecule has 0 saturated carbocycles. The quantitative estimate of drug-likeness (QED) is 0.674. The van der Waals surface area contributed by atoms with Crippen molar-refractivity contribution >= 4 is 28.6 Å². The van der Waals surface area contributed by atoms with Crippen molar-refractivity contribution in [1.82, 2.24) is 4.98 Å². The van der Waals surface area contributed by atoms with Crippen LogP contribution in [0.3, 0.4) is 0 Å². The Morgan fingerprint density at radius 2 is 2.21 bits per heavy atom. The topological polar surface area (TPSA) is 50.2 Å². The number of hydrogen-bond donors (Lipinski definition) is 1. The average molecular weight is 313 g/mol. The first-order valence-corrected chi connectivity index (χ1v) is 4.69. The Balaban J connectivity index is 3.41. The van der Waals surface area contributed by atoms with Crippen LogP contribution in [0, 0.1) is 10.6 Å². The molecule has 0 saturated heterocycles. The molecule has 0 unspecified atom stereocenters. The summed E-state index contributed by atoms with van der Waals surface area (Å²) in [7, 11) is 0. The summed E-state index contributed by atoms with van der Waals surface area (Å²) in [5.74, 6) is -1.23. The fourth-order valence-corrected chi connectivity index (χ4v) is 1.83. The predicted molar refractivity (Wildman–Crippen MR) is 53.6 cm³/mol. The number of carboxylic acids is 1. The van der Waals surface area contributed by atoms with Crippen molar-refractivity contribution in [3.63, 3.8) is 0 Å². The average Bonchev–Trinajstić information content (AvgIpc) is 2.02. The lowest BCUT2D eigenvalue weighted by Gasteiger charge is -2.08. The van der Waals surface area contributed by atoms with E-state index < -0.39 is 12.4 Å². The van der Waals surface area contributed by atoms with Gasteiger partial charge >= 0.3 is 5.97 Å². The Morgan fingerprint density at radius 1 is 1.64 bits per heavy atom. The molecule has 1 rings (SSSR count). The van der Waals surface area contributed by atoms with E-state index in [9.17, 15) is 13.6 Å². The third kappa shape index (κ3) is 1.99. The van der Waals surface area contributed by atoms with Gasteiger partial charge in [0.1, 0.15) is 3.70 Å². The minimum absolute atomic E-state index is 0.0758. The van der Waals surface area contributed by atoms with E-state index in [0.717, 1.165) is 6.20 Å². The molecule has 0 bridgehead atoms. The second kappa shape index (κ2) is 4.16. The largest absolute Gasteiger partial charge is 0.478 e. The van der Waals surface area contributed by atoms with Crippen molar-refractivity contribution in [1.29, 1.82) is 0 Å². The fraction of sp³-hybridized carbons (Fsp3) is 0.250. The standard InChI is InChI=1S/C8H6F2INO2/c1-3-4(6(9)10)2-12-7(11)5(3)8(13)14/h2,6H,1H3,(H,13,14). The summed E-state index contributed by atoms with van der Waals surface area (Å²) in [6.07, 6.45) is -1.69. The van der Waals surface area contributed by atoms with Crippen molar-refractivity contribution in [3.8, 4) is 0 Å². The van der Waals surface area contributed by atoms with E-state index >= 15 is 0 Å². The molecular formula is C8H6F2INO2. The van der Waals surface area contributed by atoms with Crippen molar-refractivity contribution in [2.45, 2.75) is 13.3 Å². The Bertz CT molecular complexity index is 382. The highest BCUT2D eigenvalue weighted by atomic mass is 127. The Hall–Kier alpha value is -0.790. The number of pyridine rings is 1. The highest BCUT2D eigenvalue weighted by Crippen LogP contribution is 2.26. The molecule has 0 aliphatic rings. The molecule has 76 valence electrons. The van der Waals surface area contributed by atoms with E-state index in [2.05, 4.69) is 4.98 Å². The van der Waals surface area contributed by atoms with Gasteiger partial charge in [-0.1, -0.05) is 0 Å². The summed E-state index contributed by atoms with van der Waals surface area (Å²) >= 11 is 1.70. The molecule has 0 radical (unpaired) electrons. The summed E-state index contributed by atoms with van der Waals surface area (Å²) in [6, 6.07) is 0. The van der Waals surface area contributed by atoms with Crippen LogP contribution in [0.15, 0.2) is 6.20 Å². The van der Waals surface area contributed by atoms with Crippen LogP contribution in [0.2, 0.25) is 0 Å². The number of carboxylic acid groups (broad SMARTS) is 1. The number of rotatable bonds is 2. The van der Waals surface area contributed by atoms with E-state index in [4.69, 9.17) is 5.11 Å². The number of aromatic nitrogens is 1. The molecule has 0 aliphatic heterocycles. The van der Waals surface area contributed by atoms with E-state index in [-0.39, 0.29) is 20.4 Å². The molecule has 1 heterocycles. The third-order valence-electron chi connectivity index (χ3n) is 1.78. The molecule has 0 aliphatic carbocycles. The highest BCUT2D eigenvalue weighted by molar-refractivity contribution is 14.1. The zero-order valence-corrected chi connectivity index (χ0v) is 9.25. The van der Waals surface area contributed by atoms with Gasteiger partial charge in [0.15, 0.2) is 0 Å². The summed E-state index contributed by atoms with van der Waals surface area (Å²) < 4.78 is 25.0. The second-order valence-electron chi connectivity index (χ2n) is 2.61. The molecule has 6 heteroatoms. The SMILES string of the molecule is Cc1c(C(F)F)cnc(I)c1C(=O)O. The van der Waals surface area contributed by atoms with Crippen LogP contribution in [0.25, 0.3) is 0 Å². The maximum Gasteiger partial charge on any atom is 0.338 e. The predicted octanol–water partition coefficient (Wildman–Crippen LogP) is 2.63. The monoisotopic (exact) mass is 313 g/mol. The van der Waals surface area contributed by atoms with Gasteiger partial charge in [-0.3, -0.25) is 0 Å². The van der Waals surface area contributed by atoms with Gasteiger partial charge in [0.05, 0.1) is 5.56 Å². The van der Waals surface area contributed by atoms with Gasteiger partial charge in [0.2, 0.25) is 0 Å². The molecular weight excluding hydrogens is 307 g/mol. The third-order valence-corrected chi connectivity index (χ3v) is 2.60. The van der Waals surface area contributed by atoms with Crippen LogP contribution in [-0.4, -0.2) is 16.1 Å². The van der Waals surface area contributed by atoms with Gasteiger partial charge in [-0.05, 0) is 35.1 Å². The Kier molecular flexibility index (Phi) is 3.35. The van der Waals surface area contributed by atoms with Crippen molar-refractivity contribution in [3.05, 3.63) is 26.6 Å². The fourth-order valence-electron chi connectivity index (χ4n) is 1.06. The number of halogens is 3. The minimum atomic E-state index is -2.70. The van der Waals surface area contributed by atoms with Gasteiger partial charge < -0.3 is 5.11 Å². The van der Waals surface area contributed by atoms with E-state index in [1.54, 1.807) is 22.6 Å². The van der Waals surface area contributed by atoms with Crippen molar-refractivity contribution in [2.24, 2.45) is 0 Å². The molecule has 0 aromatic carbocycles. The van der Waals surface area contributed by atoms with Gasteiger partial charge in [-0.25, -0.2) is 18.6 Å². The van der Waals surface area contributed by atoms with Crippen molar-refractivity contribution in [2.75, 3.05) is 0 Å². The molecule has 0 atom stereocenters. The van der Waals surface area contributed by atoms with Crippen LogP contribution in [0.5, 0.6) is 0 Å². The van der Waals surface area contributed by atoms with E-state index in [1.165, 1.54) is 6.92 Å². The van der Waals surface area contributed by atoms with E-state index in [0.29, 0.717) is 0 Å². The summed E-state index contributed by atoms with van der Waals surface area (Å²) in [5, 5.41) is 8.76. The number of alkyl halides is 2. The van der Waals surface area contributed by atoms with Crippen LogP contribution in [0.1, 0.15) is 27.9 Å². The van der Waals surface area contributed by atoms with Gasteiger partial charge in [0, 0.05) is 11.8 Å². The Labute approximate surface area is 92.3 Å². The van der Waals surface area contributed by atoms with E-state index in [1.807, 2.05) is 0 Å². The molecule has 1 aromatic heterocycles. The summed E-state index contributed by atoms with van der Waals surface area (Å²) in [4.78, 5) is 14.3. The molecule has 1 aromatic rings. The smallest absolute Gasteiger partial charge is 0.338 e. The molecule has 3 nitrogen and oxygen atoms in total. The number of nitrogens with zero attached hydrogens (tertiary/aromatic N) is 1. The highest BCUT2D eigenvalue weighted by Gasteiger charge is 2.20. The Morgan fingerprint density at radius 3 is 2.64 bits per heavy atom. The first-order chi connectivity index (χ1) is 6.45. The summed E-state index contributed by atoms with van der Waals surface area (Å²) in [6.45, 7) is 1.36. The number of aromatic carboxylic acids is 1. The molecule has 0 fully saturated rings. The maximum absolute atomic E-state index is 12.4.